The summed E-state index contributed by atoms with van der Waals surface area (Å²) in [6, 6.07) is -1.24. The molecule has 0 spiro atoms. The lowest BCUT2D eigenvalue weighted by Gasteiger charge is -2.17. The fourth-order valence-electron chi connectivity index (χ4n) is 0.943. The Morgan fingerprint density at radius 3 is 2.20 bits per heavy atom. The molecule has 0 saturated carbocycles. The topological polar surface area (TPSA) is 101 Å². The first-order chi connectivity index (χ1) is 6.88. The minimum atomic E-state index is -0.690. The lowest BCUT2D eigenvalue weighted by Crippen LogP contribution is -2.49. The Morgan fingerprint density at radius 1 is 1.33 bits per heavy atom. The number of ketones is 1. The van der Waals surface area contributed by atoms with Crippen molar-refractivity contribution >= 4 is 17.6 Å². The molecule has 0 aliphatic carbocycles. The molecule has 0 aromatic heterocycles. The maximum absolute atomic E-state index is 11.5. The average molecular weight is 215 g/mol. The normalized spacial score (nSPS) is 14.1. The molecule has 6 nitrogen and oxygen atoms in total. The third-order valence-corrected chi connectivity index (χ3v) is 2.04. The van der Waals surface area contributed by atoms with Gasteiger partial charge in [0.05, 0.1) is 18.5 Å². The van der Waals surface area contributed by atoms with Crippen molar-refractivity contribution in [3.63, 3.8) is 0 Å². The Labute approximate surface area is 88.6 Å². The zero-order valence-electron chi connectivity index (χ0n) is 9.16. The summed E-state index contributed by atoms with van der Waals surface area (Å²) in [6.07, 6.45) is -0.0903. The van der Waals surface area contributed by atoms with Crippen LogP contribution in [0.2, 0.25) is 0 Å². The van der Waals surface area contributed by atoms with E-state index < -0.39 is 23.9 Å². The molecule has 0 aromatic rings. The molecule has 2 amide bonds. The van der Waals surface area contributed by atoms with Gasteiger partial charge in [-0.2, -0.15) is 0 Å². The van der Waals surface area contributed by atoms with Gasteiger partial charge in [-0.3, -0.25) is 14.4 Å². The van der Waals surface area contributed by atoms with Crippen LogP contribution in [0, 0.1) is 0 Å². The van der Waals surface area contributed by atoms with Crippen LogP contribution < -0.4 is 16.4 Å². The molecule has 0 fully saturated rings. The Bertz CT molecular complexity index is 265. The summed E-state index contributed by atoms with van der Waals surface area (Å²) < 4.78 is 0. The van der Waals surface area contributed by atoms with Crippen LogP contribution in [0.4, 0.5) is 0 Å². The predicted octanol–water partition coefficient (Wildman–Crippen LogP) is -1.46. The maximum Gasteiger partial charge on any atom is 0.238 e. The van der Waals surface area contributed by atoms with Gasteiger partial charge in [-0.05, 0) is 20.9 Å². The summed E-state index contributed by atoms with van der Waals surface area (Å²) >= 11 is 0. The summed E-state index contributed by atoms with van der Waals surface area (Å²) in [5.41, 5.74) is 4.97. The number of hydrogen-bond acceptors (Lipinski definition) is 4. The van der Waals surface area contributed by atoms with Crippen molar-refractivity contribution in [1.82, 2.24) is 10.6 Å². The number of primary amides is 1. The molecule has 0 heterocycles. The Morgan fingerprint density at radius 2 is 1.87 bits per heavy atom. The summed E-state index contributed by atoms with van der Waals surface area (Å²) in [7, 11) is 1.55. The number of rotatable bonds is 6. The van der Waals surface area contributed by atoms with Gasteiger partial charge in [0.1, 0.15) is 0 Å². The lowest BCUT2D eigenvalue weighted by molar-refractivity contribution is -0.129. The summed E-state index contributed by atoms with van der Waals surface area (Å²) in [4.78, 5) is 33.0. The van der Waals surface area contributed by atoms with Gasteiger partial charge >= 0.3 is 0 Å². The van der Waals surface area contributed by atoms with Gasteiger partial charge in [0.2, 0.25) is 11.8 Å². The highest BCUT2D eigenvalue weighted by atomic mass is 16.2. The van der Waals surface area contributed by atoms with Gasteiger partial charge in [0.15, 0.2) is 5.78 Å². The second-order valence-corrected chi connectivity index (χ2v) is 3.35. The molecule has 0 rings (SSSR count). The molecule has 1 unspecified atom stereocenters. The van der Waals surface area contributed by atoms with Crippen LogP contribution in [-0.2, 0) is 14.4 Å². The minimum Gasteiger partial charge on any atom is -0.370 e. The third-order valence-electron chi connectivity index (χ3n) is 2.04. The molecule has 0 radical (unpaired) electrons. The van der Waals surface area contributed by atoms with Crippen LogP contribution in [-0.4, -0.2) is 36.7 Å². The van der Waals surface area contributed by atoms with Crippen LogP contribution in [0.3, 0.4) is 0 Å². The highest BCUT2D eigenvalue weighted by molar-refractivity contribution is 5.91. The van der Waals surface area contributed by atoms with E-state index in [4.69, 9.17) is 5.73 Å². The standard InChI is InChI=1S/C9H17N3O3/c1-5(6(2)13)12-9(15)7(11-3)4-8(10)14/h5,7,11H,4H2,1-3H3,(H2,10,14)(H,12,15)/t5?,7-/m1/s1. The first kappa shape index (κ1) is 13.6. The summed E-state index contributed by atoms with van der Waals surface area (Å²) in [5, 5.41) is 5.13. The highest BCUT2D eigenvalue weighted by Gasteiger charge is 2.21. The van der Waals surface area contributed by atoms with Gasteiger partial charge in [-0.1, -0.05) is 0 Å². The van der Waals surface area contributed by atoms with Crippen LogP contribution in [0.25, 0.3) is 0 Å². The number of likely N-dealkylation sites (N-methyl/N-ethyl adjacent to an activating group) is 1. The molecule has 15 heavy (non-hydrogen) atoms. The lowest BCUT2D eigenvalue weighted by atomic mass is 10.1. The Hall–Kier alpha value is -1.43. The van der Waals surface area contributed by atoms with E-state index >= 15 is 0 Å². The fraction of sp³-hybridized carbons (Fsp3) is 0.667. The smallest absolute Gasteiger partial charge is 0.238 e. The van der Waals surface area contributed by atoms with E-state index in [-0.39, 0.29) is 12.2 Å². The van der Waals surface area contributed by atoms with Gasteiger partial charge in [0, 0.05) is 0 Å². The average Bonchev–Trinajstić information content (AvgIpc) is 2.13. The third kappa shape index (κ3) is 5.11. The second-order valence-electron chi connectivity index (χ2n) is 3.35. The molecule has 6 heteroatoms. The number of carbonyl (C=O) groups is 3. The van der Waals surface area contributed by atoms with E-state index in [9.17, 15) is 14.4 Å². The molecule has 0 saturated heterocycles. The summed E-state index contributed by atoms with van der Waals surface area (Å²) in [6.45, 7) is 2.96. The van der Waals surface area contributed by atoms with Gasteiger partial charge < -0.3 is 16.4 Å². The van der Waals surface area contributed by atoms with E-state index in [0.29, 0.717) is 0 Å². The quantitative estimate of drug-likeness (QED) is 0.504. The molecular formula is C9H17N3O3. The van der Waals surface area contributed by atoms with E-state index in [1.54, 1.807) is 14.0 Å². The van der Waals surface area contributed by atoms with E-state index in [2.05, 4.69) is 10.6 Å². The number of carbonyl (C=O) groups excluding carboxylic acids is 3. The Kier molecular flexibility index (Phi) is 5.54. The van der Waals surface area contributed by atoms with Gasteiger partial charge in [-0.25, -0.2) is 0 Å². The molecule has 0 aromatic carbocycles. The molecule has 0 aliphatic rings. The zero-order valence-corrected chi connectivity index (χ0v) is 9.16. The first-order valence-electron chi connectivity index (χ1n) is 4.64. The Balaban J connectivity index is 4.27. The molecular weight excluding hydrogens is 198 g/mol. The molecule has 0 aliphatic heterocycles. The van der Waals surface area contributed by atoms with Crippen molar-refractivity contribution in [2.45, 2.75) is 32.4 Å². The predicted molar refractivity (Wildman–Crippen MR) is 54.9 cm³/mol. The van der Waals surface area contributed by atoms with E-state index in [1.165, 1.54) is 6.92 Å². The number of nitrogens with one attached hydrogen (secondary N) is 2. The number of Topliss-reactive ketones (excluding diaryl/α,β-unsaturated/α-hetero) is 1. The highest BCUT2D eigenvalue weighted by Crippen LogP contribution is 1.93. The molecule has 86 valence electrons. The van der Waals surface area contributed by atoms with E-state index in [0.717, 1.165) is 0 Å². The van der Waals surface area contributed by atoms with Crippen molar-refractivity contribution in [1.29, 1.82) is 0 Å². The van der Waals surface area contributed by atoms with Crippen molar-refractivity contribution in [2.75, 3.05) is 7.05 Å². The number of hydrogen-bond donors (Lipinski definition) is 3. The van der Waals surface area contributed by atoms with Crippen molar-refractivity contribution < 1.29 is 14.4 Å². The fourth-order valence-corrected chi connectivity index (χ4v) is 0.943. The maximum atomic E-state index is 11.5. The van der Waals surface area contributed by atoms with Crippen molar-refractivity contribution in [3.8, 4) is 0 Å². The molecule has 0 bridgehead atoms. The van der Waals surface area contributed by atoms with Crippen molar-refractivity contribution in [2.24, 2.45) is 5.73 Å². The van der Waals surface area contributed by atoms with Crippen LogP contribution >= 0.6 is 0 Å². The molecule has 4 N–H and O–H groups in total. The number of amides is 2. The SMILES string of the molecule is CN[C@H](CC(N)=O)C(=O)NC(C)C(C)=O. The minimum absolute atomic E-state index is 0.0903. The summed E-state index contributed by atoms with van der Waals surface area (Å²) in [5.74, 6) is -1.11. The molecule has 2 atom stereocenters. The number of nitrogens with two attached hydrogens (primary N) is 1. The largest absolute Gasteiger partial charge is 0.370 e. The second kappa shape index (κ2) is 6.13. The zero-order chi connectivity index (χ0) is 12.0. The first-order valence-corrected chi connectivity index (χ1v) is 4.64. The van der Waals surface area contributed by atoms with Crippen LogP contribution in [0.1, 0.15) is 20.3 Å². The monoisotopic (exact) mass is 215 g/mol. The van der Waals surface area contributed by atoms with Gasteiger partial charge in [-0.15, -0.1) is 0 Å². The van der Waals surface area contributed by atoms with E-state index in [1.807, 2.05) is 0 Å². The van der Waals surface area contributed by atoms with Crippen LogP contribution in [0.5, 0.6) is 0 Å². The van der Waals surface area contributed by atoms with Crippen LogP contribution in [0.15, 0.2) is 0 Å². The van der Waals surface area contributed by atoms with Gasteiger partial charge in [0.25, 0.3) is 0 Å². The van der Waals surface area contributed by atoms with Crippen molar-refractivity contribution in [3.05, 3.63) is 0 Å².